The third-order valence-electron chi connectivity index (χ3n) is 19.6. The molecule has 0 aromatic rings. The van der Waals surface area contributed by atoms with Gasteiger partial charge >= 0.3 is 39.5 Å². The van der Waals surface area contributed by atoms with Crippen molar-refractivity contribution < 1.29 is 80.2 Å². The molecule has 0 radical (unpaired) electrons. The van der Waals surface area contributed by atoms with Gasteiger partial charge in [0.05, 0.1) is 26.4 Å². The first-order valence-corrected chi connectivity index (χ1v) is 45.7. The first-order chi connectivity index (χ1) is 49.1. The average Bonchev–Trinajstić information content (AvgIpc) is 1.24. The fraction of sp³-hybridized carbons (Fsp3) is 0.951. The van der Waals surface area contributed by atoms with Gasteiger partial charge < -0.3 is 33.8 Å². The minimum absolute atomic E-state index is 0.105. The van der Waals surface area contributed by atoms with Gasteiger partial charge in [-0.25, -0.2) is 9.13 Å². The fourth-order valence-corrected chi connectivity index (χ4v) is 14.3. The van der Waals surface area contributed by atoms with Crippen LogP contribution in [-0.2, 0) is 65.4 Å². The summed E-state index contributed by atoms with van der Waals surface area (Å²) in [6.45, 7) is 7.22. The predicted molar refractivity (Wildman–Crippen MR) is 414 cm³/mol. The predicted octanol–water partition coefficient (Wildman–Crippen LogP) is 24.8. The molecule has 600 valence electrons. The van der Waals surface area contributed by atoms with E-state index in [0.29, 0.717) is 25.7 Å². The number of carbonyl (C=O) groups is 4. The van der Waals surface area contributed by atoms with Crippen molar-refractivity contribution in [2.45, 2.75) is 457 Å². The standard InChI is InChI=1S/C82H160O17P2/c1-6-10-13-16-18-20-22-24-26-28-30-32-34-36-38-40-42-44-46-51-56-61-66-80(85)93-72-78(99-81(86)67-62-57-52-47-45-43-41-39-37-35-33-31-29-27-25-23-21-19-17-14-11-7-2)74-97-101(90,91)95-70-76(83)69-94-100(88,89)96-73-77(71-92-79(84)65-60-54-15-12-8-3)98-82(87)68-63-58-53-49-48-50-55-59-64-75(5)9-4/h75-78,83H,6-74H2,1-5H3,(H,88,89)(H,90,91)/t75?,76-,77+,78+/m0/s1. The molecule has 3 N–H and O–H groups in total. The SMILES string of the molecule is CCCCCCCCCCCCCCCCCCCCCCCCC(=O)OC[C@H](COP(=O)(O)OC[C@@H](O)COP(=O)(O)OC[C@@H](COC(=O)CCCCCCC)OC(=O)CCCCCCCCCCC(C)CC)OC(=O)CCCCCCCCCCCCCCCCCCCCCCCC. The van der Waals surface area contributed by atoms with Crippen molar-refractivity contribution in [3.63, 3.8) is 0 Å². The van der Waals surface area contributed by atoms with E-state index in [4.69, 9.17) is 37.0 Å². The third-order valence-corrected chi connectivity index (χ3v) is 21.5. The second-order valence-corrected chi connectivity index (χ2v) is 32.7. The highest BCUT2D eigenvalue weighted by Crippen LogP contribution is 2.45. The topological polar surface area (TPSA) is 237 Å². The van der Waals surface area contributed by atoms with Crippen molar-refractivity contribution in [1.82, 2.24) is 0 Å². The first-order valence-electron chi connectivity index (χ1n) is 42.7. The fourth-order valence-electron chi connectivity index (χ4n) is 12.7. The van der Waals surface area contributed by atoms with Crippen LogP contribution in [0.3, 0.4) is 0 Å². The number of hydrogen-bond donors (Lipinski definition) is 3. The Bertz CT molecular complexity index is 1930. The summed E-state index contributed by atoms with van der Waals surface area (Å²) in [5, 5.41) is 10.6. The lowest BCUT2D eigenvalue weighted by atomic mass is 9.99. The maximum Gasteiger partial charge on any atom is 0.472 e. The van der Waals surface area contributed by atoms with Crippen LogP contribution in [0.1, 0.15) is 439 Å². The Kier molecular flexibility index (Phi) is 73.5. The van der Waals surface area contributed by atoms with E-state index in [1.807, 2.05) is 0 Å². The van der Waals surface area contributed by atoms with Gasteiger partial charge in [-0.15, -0.1) is 0 Å². The molecule has 0 bridgehead atoms. The number of phosphoric acid groups is 2. The van der Waals surface area contributed by atoms with Crippen molar-refractivity contribution in [1.29, 1.82) is 0 Å². The van der Waals surface area contributed by atoms with Crippen LogP contribution in [0.2, 0.25) is 0 Å². The van der Waals surface area contributed by atoms with Crippen LogP contribution in [0.15, 0.2) is 0 Å². The lowest BCUT2D eigenvalue weighted by molar-refractivity contribution is -0.161. The number of aliphatic hydroxyl groups is 1. The lowest BCUT2D eigenvalue weighted by Crippen LogP contribution is -2.30. The van der Waals surface area contributed by atoms with Crippen LogP contribution in [0.5, 0.6) is 0 Å². The first kappa shape index (κ1) is 99.1. The third kappa shape index (κ3) is 74.7. The zero-order valence-corrected chi connectivity index (χ0v) is 67.8. The molecular weight excluding hydrogens is 1320 g/mol. The molecule has 0 heterocycles. The maximum absolute atomic E-state index is 13.1. The van der Waals surface area contributed by atoms with E-state index in [1.54, 1.807) is 0 Å². The van der Waals surface area contributed by atoms with Crippen molar-refractivity contribution in [2.75, 3.05) is 39.6 Å². The quantitative estimate of drug-likeness (QED) is 0.0222. The largest absolute Gasteiger partial charge is 0.472 e. The van der Waals surface area contributed by atoms with E-state index in [9.17, 15) is 43.2 Å². The molecule has 6 atom stereocenters. The molecule has 3 unspecified atom stereocenters. The Hall–Kier alpha value is -1.94. The molecular formula is C82H160O17P2. The molecule has 0 fully saturated rings. The smallest absolute Gasteiger partial charge is 0.462 e. The molecule has 0 saturated carbocycles. The Morgan fingerprint density at radius 1 is 0.277 bits per heavy atom. The van der Waals surface area contributed by atoms with Gasteiger partial charge in [0.2, 0.25) is 0 Å². The van der Waals surface area contributed by atoms with Gasteiger partial charge in [0, 0.05) is 25.7 Å². The minimum Gasteiger partial charge on any atom is -0.462 e. The normalized spacial score (nSPS) is 14.1. The lowest BCUT2D eigenvalue weighted by Gasteiger charge is -2.21. The van der Waals surface area contributed by atoms with Crippen LogP contribution in [0.4, 0.5) is 0 Å². The van der Waals surface area contributed by atoms with Crippen molar-refractivity contribution in [3.05, 3.63) is 0 Å². The molecule has 0 amide bonds. The molecule has 101 heavy (non-hydrogen) atoms. The van der Waals surface area contributed by atoms with E-state index >= 15 is 0 Å². The molecule has 0 saturated heterocycles. The number of esters is 4. The molecule has 0 aromatic heterocycles. The van der Waals surface area contributed by atoms with E-state index in [2.05, 4.69) is 34.6 Å². The van der Waals surface area contributed by atoms with E-state index in [-0.39, 0.29) is 25.7 Å². The monoisotopic (exact) mass is 1480 g/mol. The summed E-state index contributed by atoms with van der Waals surface area (Å²) >= 11 is 0. The Morgan fingerprint density at radius 3 is 0.703 bits per heavy atom. The van der Waals surface area contributed by atoms with Gasteiger partial charge in [0.1, 0.15) is 19.3 Å². The van der Waals surface area contributed by atoms with Crippen LogP contribution >= 0.6 is 15.6 Å². The maximum atomic E-state index is 13.1. The van der Waals surface area contributed by atoms with Gasteiger partial charge in [-0.2, -0.15) is 0 Å². The number of hydrogen-bond acceptors (Lipinski definition) is 15. The number of carbonyl (C=O) groups excluding carboxylic acids is 4. The summed E-state index contributed by atoms with van der Waals surface area (Å²) < 4.78 is 68.4. The van der Waals surface area contributed by atoms with Gasteiger partial charge in [0.25, 0.3) is 0 Å². The van der Waals surface area contributed by atoms with Crippen LogP contribution in [0, 0.1) is 5.92 Å². The summed E-state index contributed by atoms with van der Waals surface area (Å²) in [5.41, 5.74) is 0. The Labute approximate surface area is 619 Å². The molecule has 0 aromatic carbocycles. The van der Waals surface area contributed by atoms with Gasteiger partial charge in [0.15, 0.2) is 12.2 Å². The molecule has 0 aliphatic carbocycles. The second-order valence-electron chi connectivity index (χ2n) is 29.8. The number of unbranched alkanes of at least 4 members (excludes halogenated alkanes) is 53. The van der Waals surface area contributed by atoms with Crippen molar-refractivity contribution >= 4 is 39.5 Å². The average molecular weight is 1480 g/mol. The Morgan fingerprint density at radius 2 is 0.475 bits per heavy atom. The molecule has 19 heteroatoms. The summed E-state index contributed by atoms with van der Waals surface area (Å²) in [5.74, 6) is -1.35. The highest BCUT2D eigenvalue weighted by Gasteiger charge is 2.30. The molecule has 0 aliphatic heterocycles. The summed E-state index contributed by atoms with van der Waals surface area (Å²) in [6.07, 6.45) is 67.4. The molecule has 17 nitrogen and oxygen atoms in total. The zero-order chi connectivity index (χ0) is 74.1. The van der Waals surface area contributed by atoms with Gasteiger partial charge in [-0.1, -0.05) is 388 Å². The number of rotatable bonds is 82. The zero-order valence-electron chi connectivity index (χ0n) is 66.1. The number of aliphatic hydroxyl groups excluding tert-OH is 1. The van der Waals surface area contributed by atoms with E-state index < -0.39 is 97.5 Å². The molecule has 0 aliphatic rings. The summed E-state index contributed by atoms with van der Waals surface area (Å²) in [6, 6.07) is 0. The van der Waals surface area contributed by atoms with Crippen molar-refractivity contribution in [3.8, 4) is 0 Å². The van der Waals surface area contributed by atoms with Crippen LogP contribution < -0.4 is 0 Å². The highest BCUT2D eigenvalue weighted by molar-refractivity contribution is 7.47. The van der Waals surface area contributed by atoms with Crippen molar-refractivity contribution in [2.24, 2.45) is 5.92 Å². The molecule has 0 spiro atoms. The van der Waals surface area contributed by atoms with Crippen LogP contribution in [0.25, 0.3) is 0 Å². The van der Waals surface area contributed by atoms with Gasteiger partial charge in [-0.05, 0) is 31.6 Å². The number of ether oxygens (including phenoxy) is 4. The minimum atomic E-state index is -4.96. The second kappa shape index (κ2) is 74.9. The summed E-state index contributed by atoms with van der Waals surface area (Å²) in [4.78, 5) is 72.7. The molecule has 0 rings (SSSR count). The highest BCUT2D eigenvalue weighted by atomic mass is 31.2. The van der Waals surface area contributed by atoms with E-state index in [0.717, 1.165) is 102 Å². The summed E-state index contributed by atoms with van der Waals surface area (Å²) in [7, 11) is -9.91. The number of phosphoric ester groups is 2. The van der Waals surface area contributed by atoms with Gasteiger partial charge in [-0.3, -0.25) is 37.3 Å². The Balaban J connectivity index is 5.09. The van der Waals surface area contributed by atoms with E-state index in [1.165, 1.54) is 257 Å². The van der Waals surface area contributed by atoms with Crippen LogP contribution in [-0.4, -0.2) is 96.7 Å².